The first kappa shape index (κ1) is 16.3. The number of amides is 1. The molecule has 1 amide bonds. The Hall–Kier alpha value is -2.89. The van der Waals surface area contributed by atoms with Crippen molar-refractivity contribution in [2.45, 2.75) is 25.4 Å². The van der Waals surface area contributed by atoms with E-state index in [2.05, 4.69) is 42.5 Å². The minimum Gasteiger partial charge on any atom is -0.353 e. The Morgan fingerprint density at radius 3 is 2.89 bits per heavy atom. The van der Waals surface area contributed by atoms with Crippen LogP contribution >= 0.6 is 0 Å². The van der Waals surface area contributed by atoms with Crippen molar-refractivity contribution < 1.29 is 4.79 Å². The Balaban J connectivity index is 1.35. The second kappa shape index (κ2) is 6.68. The first-order valence-corrected chi connectivity index (χ1v) is 9.62. The van der Waals surface area contributed by atoms with E-state index in [0.29, 0.717) is 12.5 Å². The molecule has 0 unspecified atom stereocenters. The SMILES string of the molecule is O=C(Cn1ccc2ccccc21)N1C[C@H]2CC[C@@H]1CN(c1cnccn1)C2. The van der Waals surface area contributed by atoms with Gasteiger partial charge in [-0.3, -0.25) is 9.78 Å². The zero-order valence-electron chi connectivity index (χ0n) is 15.2. The van der Waals surface area contributed by atoms with Gasteiger partial charge in [0.15, 0.2) is 0 Å². The minimum atomic E-state index is 0.215. The van der Waals surface area contributed by atoms with Crippen molar-refractivity contribution in [1.29, 1.82) is 0 Å². The second-order valence-electron chi connectivity index (χ2n) is 7.61. The van der Waals surface area contributed by atoms with Gasteiger partial charge in [-0.1, -0.05) is 18.2 Å². The van der Waals surface area contributed by atoms with E-state index in [0.717, 1.165) is 37.4 Å². The summed E-state index contributed by atoms with van der Waals surface area (Å²) in [6, 6.07) is 10.5. The molecule has 6 rings (SSSR count). The summed E-state index contributed by atoms with van der Waals surface area (Å²) >= 11 is 0. The number of fused-ring (bicyclic) bond motifs is 5. The van der Waals surface area contributed by atoms with Crippen molar-refractivity contribution in [3.05, 3.63) is 55.1 Å². The predicted octanol–water partition coefficient (Wildman–Crippen LogP) is 2.56. The van der Waals surface area contributed by atoms with Gasteiger partial charge in [-0.25, -0.2) is 4.98 Å². The molecule has 2 bridgehead atoms. The van der Waals surface area contributed by atoms with Crippen LogP contribution in [0.5, 0.6) is 0 Å². The van der Waals surface area contributed by atoms with Crippen LogP contribution in [0, 0.1) is 5.92 Å². The third-order valence-corrected chi connectivity index (χ3v) is 5.89. The Morgan fingerprint density at radius 1 is 1.07 bits per heavy atom. The van der Waals surface area contributed by atoms with E-state index >= 15 is 0 Å². The van der Waals surface area contributed by atoms with Gasteiger partial charge in [0.05, 0.1) is 6.20 Å². The molecular weight excluding hydrogens is 338 g/mol. The monoisotopic (exact) mass is 361 g/mol. The summed E-state index contributed by atoms with van der Waals surface area (Å²) in [5, 5.41) is 1.18. The number of hydrogen-bond acceptors (Lipinski definition) is 4. The highest BCUT2D eigenvalue weighted by Crippen LogP contribution is 2.30. The van der Waals surface area contributed by atoms with Gasteiger partial charge in [0.25, 0.3) is 0 Å². The van der Waals surface area contributed by atoms with Gasteiger partial charge < -0.3 is 14.4 Å². The number of nitrogens with zero attached hydrogens (tertiary/aromatic N) is 5. The average molecular weight is 361 g/mol. The van der Waals surface area contributed by atoms with E-state index < -0.39 is 0 Å². The van der Waals surface area contributed by atoms with E-state index in [1.807, 2.05) is 24.5 Å². The molecule has 0 saturated carbocycles. The van der Waals surface area contributed by atoms with Gasteiger partial charge in [-0.15, -0.1) is 0 Å². The fourth-order valence-corrected chi connectivity index (χ4v) is 4.54. The lowest BCUT2D eigenvalue weighted by molar-refractivity contribution is -0.135. The van der Waals surface area contributed by atoms with E-state index in [1.54, 1.807) is 12.4 Å². The number of piperidine rings is 1. The van der Waals surface area contributed by atoms with Crippen LogP contribution in [0.25, 0.3) is 10.9 Å². The molecule has 6 heteroatoms. The minimum absolute atomic E-state index is 0.215. The highest BCUT2D eigenvalue weighted by Gasteiger charge is 2.37. The molecule has 0 spiro atoms. The fraction of sp³-hybridized carbons (Fsp3) is 0.381. The summed E-state index contributed by atoms with van der Waals surface area (Å²) in [7, 11) is 0. The maximum atomic E-state index is 13.2. The van der Waals surface area contributed by atoms with E-state index in [9.17, 15) is 4.79 Å². The highest BCUT2D eigenvalue weighted by molar-refractivity contribution is 5.83. The number of carbonyl (C=O) groups excluding carboxylic acids is 1. The van der Waals surface area contributed by atoms with Gasteiger partial charge in [0.1, 0.15) is 12.4 Å². The highest BCUT2D eigenvalue weighted by atomic mass is 16.2. The summed E-state index contributed by atoms with van der Waals surface area (Å²) in [4.78, 5) is 26.2. The Kier molecular flexibility index (Phi) is 4.03. The molecule has 0 aliphatic carbocycles. The van der Waals surface area contributed by atoms with Gasteiger partial charge in [0, 0.05) is 49.8 Å². The molecule has 3 aromatic rings. The molecule has 138 valence electrons. The van der Waals surface area contributed by atoms with Crippen LogP contribution in [0.4, 0.5) is 5.82 Å². The molecule has 0 radical (unpaired) electrons. The van der Waals surface area contributed by atoms with Crippen molar-refractivity contribution in [3.63, 3.8) is 0 Å². The second-order valence-corrected chi connectivity index (χ2v) is 7.61. The van der Waals surface area contributed by atoms with E-state index in [-0.39, 0.29) is 11.9 Å². The van der Waals surface area contributed by atoms with Crippen LogP contribution in [0.3, 0.4) is 0 Å². The summed E-state index contributed by atoms with van der Waals surface area (Å²) in [6.45, 7) is 3.04. The number of hydrogen-bond donors (Lipinski definition) is 0. The maximum Gasteiger partial charge on any atom is 0.242 e. The molecule has 3 aliphatic rings. The van der Waals surface area contributed by atoms with Crippen LogP contribution in [0.15, 0.2) is 55.1 Å². The Bertz CT molecular complexity index is 953. The van der Waals surface area contributed by atoms with Crippen molar-refractivity contribution >= 4 is 22.6 Å². The molecule has 1 aromatic carbocycles. The Labute approximate surface area is 158 Å². The van der Waals surface area contributed by atoms with E-state index in [4.69, 9.17) is 0 Å². The molecule has 3 saturated heterocycles. The number of para-hydroxylation sites is 1. The van der Waals surface area contributed by atoms with Gasteiger partial charge in [-0.05, 0) is 36.3 Å². The number of anilines is 1. The fourth-order valence-electron chi connectivity index (χ4n) is 4.54. The molecule has 5 heterocycles. The lowest BCUT2D eigenvalue weighted by Crippen LogP contribution is -2.48. The van der Waals surface area contributed by atoms with Crippen molar-refractivity contribution in [3.8, 4) is 0 Å². The quantitative estimate of drug-likeness (QED) is 0.719. The third kappa shape index (κ3) is 3.05. The lowest BCUT2D eigenvalue weighted by atomic mass is 9.95. The summed E-state index contributed by atoms with van der Waals surface area (Å²) in [5.74, 6) is 1.63. The zero-order chi connectivity index (χ0) is 18.2. The molecule has 2 atom stereocenters. The maximum absolute atomic E-state index is 13.2. The zero-order valence-corrected chi connectivity index (χ0v) is 15.2. The molecule has 0 N–H and O–H groups in total. The first-order valence-electron chi connectivity index (χ1n) is 9.62. The normalized spacial score (nSPS) is 22.2. The van der Waals surface area contributed by atoms with Crippen LogP contribution in [-0.2, 0) is 11.3 Å². The number of rotatable bonds is 3. The summed E-state index contributed by atoms with van der Waals surface area (Å²) < 4.78 is 2.07. The van der Waals surface area contributed by atoms with Gasteiger partial charge >= 0.3 is 0 Å². The number of aromatic nitrogens is 3. The number of benzene rings is 1. The summed E-state index contributed by atoms with van der Waals surface area (Å²) in [6.07, 6.45) is 9.53. The first-order chi connectivity index (χ1) is 13.3. The average Bonchev–Trinajstić information content (AvgIpc) is 2.89. The van der Waals surface area contributed by atoms with Crippen molar-refractivity contribution in [2.75, 3.05) is 24.5 Å². The van der Waals surface area contributed by atoms with Crippen LogP contribution < -0.4 is 4.90 Å². The molecule has 2 aromatic heterocycles. The van der Waals surface area contributed by atoms with E-state index in [1.165, 1.54) is 11.8 Å². The smallest absolute Gasteiger partial charge is 0.242 e. The Morgan fingerprint density at radius 2 is 2.00 bits per heavy atom. The molecule has 3 aliphatic heterocycles. The topological polar surface area (TPSA) is 54.3 Å². The standard InChI is InChI=1S/C21H23N5O/c27-21(15-24-10-7-17-3-1-2-4-19(17)24)26-13-16-5-6-18(26)14-25(12-16)20-11-22-8-9-23-20/h1-4,7-11,16,18H,5-6,12-15H2/t16-,18+/m0/s1. The van der Waals surface area contributed by atoms with Gasteiger partial charge in [0.2, 0.25) is 5.91 Å². The van der Waals surface area contributed by atoms with Gasteiger partial charge in [-0.2, -0.15) is 0 Å². The molecule has 6 nitrogen and oxygen atoms in total. The van der Waals surface area contributed by atoms with Crippen LogP contribution in [-0.4, -0.2) is 51.0 Å². The molecule has 3 fully saturated rings. The predicted molar refractivity (Wildman–Crippen MR) is 104 cm³/mol. The van der Waals surface area contributed by atoms with Crippen molar-refractivity contribution in [1.82, 2.24) is 19.4 Å². The van der Waals surface area contributed by atoms with Crippen molar-refractivity contribution in [2.24, 2.45) is 5.92 Å². The molecular formula is C21H23N5O. The third-order valence-electron chi connectivity index (χ3n) is 5.89. The van der Waals surface area contributed by atoms with Crippen LogP contribution in [0.2, 0.25) is 0 Å². The number of carbonyl (C=O) groups is 1. The lowest BCUT2D eigenvalue weighted by Gasteiger charge is -2.36. The largest absolute Gasteiger partial charge is 0.353 e. The molecule has 27 heavy (non-hydrogen) atoms. The summed E-state index contributed by atoms with van der Waals surface area (Å²) in [5.41, 5.74) is 1.12. The van der Waals surface area contributed by atoms with Crippen LogP contribution in [0.1, 0.15) is 12.8 Å².